The van der Waals surface area contributed by atoms with Crippen molar-refractivity contribution >= 4 is 11.9 Å². The number of amides is 1. The Morgan fingerprint density at radius 3 is 2.75 bits per heavy atom. The molecule has 20 heavy (non-hydrogen) atoms. The zero-order chi connectivity index (χ0) is 14.9. The van der Waals surface area contributed by atoms with E-state index in [1.165, 1.54) is 0 Å². The van der Waals surface area contributed by atoms with Gasteiger partial charge in [0.1, 0.15) is 5.69 Å². The summed E-state index contributed by atoms with van der Waals surface area (Å²) in [6.45, 7) is 3.89. The van der Waals surface area contributed by atoms with E-state index in [-0.39, 0.29) is 11.6 Å². The van der Waals surface area contributed by atoms with Crippen molar-refractivity contribution < 1.29 is 14.7 Å². The SMILES string of the molecule is Cc1c(C(=O)O)[nH]c2c1C(=O)N(CCN(C)C)CCC2. The van der Waals surface area contributed by atoms with Crippen molar-refractivity contribution in [1.82, 2.24) is 14.8 Å². The number of carbonyl (C=O) groups excluding carboxylic acids is 1. The summed E-state index contributed by atoms with van der Waals surface area (Å²) >= 11 is 0. The van der Waals surface area contributed by atoms with Crippen LogP contribution in [0.2, 0.25) is 0 Å². The lowest BCUT2D eigenvalue weighted by atomic mass is 10.1. The molecule has 0 fully saturated rings. The number of carbonyl (C=O) groups is 2. The number of nitrogens with one attached hydrogen (secondary N) is 1. The number of likely N-dealkylation sites (N-methyl/N-ethyl adjacent to an activating group) is 1. The molecule has 0 bridgehead atoms. The first-order valence-electron chi connectivity index (χ1n) is 6.80. The Labute approximate surface area is 118 Å². The molecule has 1 aromatic heterocycles. The zero-order valence-electron chi connectivity index (χ0n) is 12.2. The summed E-state index contributed by atoms with van der Waals surface area (Å²) in [6, 6.07) is 0. The van der Waals surface area contributed by atoms with Crippen molar-refractivity contribution in [3.63, 3.8) is 0 Å². The number of aromatic nitrogens is 1. The number of aromatic amines is 1. The van der Waals surface area contributed by atoms with Gasteiger partial charge in [-0.15, -0.1) is 0 Å². The maximum Gasteiger partial charge on any atom is 0.352 e. The van der Waals surface area contributed by atoms with E-state index in [1.54, 1.807) is 6.92 Å². The Kier molecular flexibility index (Phi) is 4.13. The molecule has 1 amide bonds. The molecular weight excluding hydrogens is 258 g/mol. The molecule has 110 valence electrons. The van der Waals surface area contributed by atoms with Crippen LogP contribution in [0.5, 0.6) is 0 Å². The number of hydrogen-bond donors (Lipinski definition) is 2. The molecule has 0 aliphatic carbocycles. The number of rotatable bonds is 4. The van der Waals surface area contributed by atoms with E-state index in [1.807, 2.05) is 23.9 Å². The van der Waals surface area contributed by atoms with Crippen LogP contribution in [-0.2, 0) is 6.42 Å². The zero-order valence-corrected chi connectivity index (χ0v) is 12.2. The van der Waals surface area contributed by atoms with Crippen LogP contribution in [0.4, 0.5) is 0 Å². The number of H-pyrrole nitrogens is 1. The summed E-state index contributed by atoms with van der Waals surface area (Å²) in [5.41, 5.74) is 2.00. The first-order valence-corrected chi connectivity index (χ1v) is 6.80. The van der Waals surface area contributed by atoms with Gasteiger partial charge < -0.3 is 19.9 Å². The highest BCUT2D eigenvalue weighted by Crippen LogP contribution is 2.24. The third-order valence-corrected chi connectivity index (χ3v) is 3.71. The van der Waals surface area contributed by atoms with Crippen molar-refractivity contribution in [2.24, 2.45) is 0 Å². The Morgan fingerprint density at radius 2 is 2.15 bits per heavy atom. The lowest BCUT2D eigenvalue weighted by Gasteiger charge is -2.23. The van der Waals surface area contributed by atoms with Gasteiger partial charge in [-0.3, -0.25) is 4.79 Å². The minimum atomic E-state index is -1.01. The largest absolute Gasteiger partial charge is 0.477 e. The molecule has 0 saturated carbocycles. The quantitative estimate of drug-likeness (QED) is 0.861. The predicted octanol–water partition coefficient (Wildman–Crippen LogP) is 0.971. The van der Waals surface area contributed by atoms with Crippen LogP contribution in [0, 0.1) is 6.92 Å². The minimum absolute atomic E-state index is 0.0550. The summed E-state index contributed by atoms with van der Waals surface area (Å²) in [7, 11) is 3.94. The van der Waals surface area contributed by atoms with Crippen molar-refractivity contribution in [2.75, 3.05) is 33.7 Å². The maximum absolute atomic E-state index is 12.6. The van der Waals surface area contributed by atoms with Crippen LogP contribution in [0.1, 0.15) is 38.5 Å². The number of nitrogens with zero attached hydrogens (tertiary/aromatic N) is 2. The van der Waals surface area contributed by atoms with E-state index in [0.717, 1.165) is 25.2 Å². The molecule has 0 spiro atoms. The Hall–Kier alpha value is -1.82. The summed E-state index contributed by atoms with van der Waals surface area (Å²) in [5.74, 6) is -1.07. The molecule has 6 heteroatoms. The van der Waals surface area contributed by atoms with E-state index >= 15 is 0 Å². The number of aromatic carboxylic acids is 1. The van der Waals surface area contributed by atoms with E-state index in [2.05, 4.69) is 4.98 Å². The lowest BCUT2D eigenvalue weighted by molar-refractivity contribution is 0.0690. The molecule has 0 radical (unpaired) electrons. The van der Waals surface area contributed by atoms with Gasteiger partial charge in [-0.05, 0) is 39.4 Å². The topological polar surface area (TPSA) is 76.6 Å². The smallest absolute Gasteiger partial charge is 0.352 e. The van der Waals surface area contributed by atoms with Crippen molar-refractivity contribution in [3.8, 4) is 0 Å². The van der Waals surface area contributed by atoms with E-state index < -0.39 is 5.97 Å². The average molecular weight is 279 g/mol. The number of hydrogen-bond acceptors (Lipinski definition) is 3. The van der Waals surface area contributed by atoms with Gasteiger partial charge >= 0.3 is 5.97 Å². The molecule has 1 aliphatic rings. The van der Waals surface area contributed by atoms with Gasteiger partial charge in [0.15, 0.2) is 0 Å². The highest BCUT2D eigenvalue weighted by atomic mass is 16.4. The highest BCUT2D eigenvalue weighted by Gasteiger charge is 2.28. The van der Waals surface area contributed by atoms with Crippen LogP contribution < -0.4 is 0 Å². The Morgan fingerprint density at radius 1 is 1.45 bits per heavy atom. The third-order valence-electron chi connectivity index (χ3n) is 3.71. The predicted molar refractivity (Wildman–Crippen MR) is 75.3 cm³/mol. The molecule has 0 aromatic carbocycles. The molecule has 1 aromatic rings. The monoisotopic (exact) mass is 279 g/mol. The molecular formula is C14H21N3O3. The summed E-state index contributed by atoms with van der Waals surface area (Å²) < 4.78 is 0. The van der Waals surface area contributed by atoms with E-state index in [4.69, 9.17) is 5.11 Å². The number of carboxylic acid groups (broad SMARTS) is 1. The normalized spacial score (nSPS) is 15.4. The Balaban J connectivity index is 2.30. The minimum Gasteiger partial charge on any atom is -0.477 e. The second kappa shape index (κ2) is 5.66. The maximum atomic E-state index is 12.6. The van der Waals surface area contributed by atoms with Gasteiger partial charge in [-0.1, -0.05) is 0 Å². The molecule has 0 saturated heterocycles. The van der Waals surface area contributed by atoms with Gasteiger partial charge in [0.25, 0.3) is 5.91 Å². The molecule has 2 rings (SSSR count). The molecule has 2 N–H and O–H groups in total. The van der Waals surface area contributed by atoms with Gasteiger partial charge in [0.05, 0.1) is 5.56 Å². The number of fused-ring (bicyclic) bond motifs is 1. The van der Waals surface area contributed by atoms with Crippen molar-refractivity contribution in [3.05, 3.63) is 22.5 Å². The van der Waals surface area contributed by atoms with Crippen LogP contribution in [0.25, 0.3) is 0 Å². The van der Waals surface area contributed by atoms with Crippen molar-refractivity contribution in [1.29, 1.82) is 0 Å². The first kappa shape index (κ1) is 14.6. The van der Waals surface area contributed by atoms with Crippen molar-refractivity contribution in [2.45, 2.75) is 19.8 Å². The molecule has 2 heterocycles. The second-order valence-electron chi connectivity index (χ2n) is 5.48. The van der Waals surface area contributed by atoms with Gasteiger partial charge in [0, 0.05) is 25.3 Å². The van der Waals surface area contributed by atoms with E-state index in [9.17, 15) is 9.59 Å². The molecule has 0 unspecified atom stereocenters. The highest BCUT2D eigenvalue weighted by molar-refractivity contribution is 6.01. The fraction of sp³-hybridized carbons (Fsp3) is 0.571. The lowest BCUT2D eigenvalue weighted by Crippen LogP contribution is -2.36. The molecule has 0 atom stereocenters. The fourth-order valence-corrected chi connectivity index (χ4v) is 2.59. The summed E-state index contributed by atoms with van der Waals surface area (Å²) in [4.78, 5) is 30.5. The summed E-state index contributed by atoms with van der Waals surface area (Å²) in [6.07, 6.45) is 1.57. The number of carboxylic acids is 1. The Bertz CT molecular complexity index is 534. The van der Waals surface area contributed by atoms with Crippen LogP contribution in [-0.4, -0.2) is 65.5 Å². The standard InChI is InChI=1S/C14H21N3O3/c1-9-11-10(15-12(9)14(19)20)5-4-6-17(13(11)18)8-7-16(2)3/h15H,4-8H2,1-3H3,(H,19,20). The fourth-order valence-electron chi connectivity index (χ4n) is 2.59. The molecule has 1 aliphatic heterocycles. The third kappa shape index (κ3) is 2.70. The van der Waals surface area contributed by atoms with Crippen LogP contribution in [0.3, 0.4) is 0 Å². The molecule has 6 nitrogen and oxygen atoms in total. The van der Waals surface area contributed by atoms with Crippen LogP contribution in [0.15, 0.2) is 0 Å². The second-order valence-corrected chi connectivity index (χ2v) is 5.48. The number of aryl methyl sites for hydroxylation is 1. The summed E-state index contributed by atoms with van der Waals surface area (Å²) in [5, 5.41) is 9.15. The van der Waals surface area contributed by atoms with E-state index in [0.29, 0.717) is 24.1 Å². The van der Waals surface area contributed by atoms with Gasteiger partial charge in [-0.2, -0.15) is 0 Å². The van der Waals surface area contributed by atoms with Crippen LogP contribution >= 0.6 is 0 Å². The van der Waals surface area contributed by atoms with Gasteiger partial charge in [-0.25, -0.2) is 4.79 Å². The average Bonchev–Trinajstić information content (AvgIpc) is 2.60. The first-order chi connectivity index (χ1) is 9.41. The van der Waals surface area contributed by atoms with Gasteiger partial charge in [0.2, 0.25) is 0 Å².